The monoisotopic (exact) mass is 274 g/mol. The van der Waals surface area contributed by atoms with Gasteiger partial charge in [0.15, 0.2) is 11.6 Å². The molecule has 20 heavy (non-hydrogen) atoms. The maximum atomic E-state index is 13.5. The number of para-hydroxylation sites is 1. The van der Waals surface area contributed by atoms with Crippen LogP contribution in [0.1, 0.15) is 31.9 Å². The fourth-order valence-electron chi connectivity index (χ4n) is 1.83. The molecule has 1 atom stereocenters. The summed E-state index contributed by atoms with van der Waals surface area (Å²) in [5, 5.41) is 3.39. The lowest BCUT2D eigenvalue weighted by Crippen LogP contribution is -2.19. The third kappa shape index (κ3) is 3.78. The van der Waals surface area contributed by atoms with Crippen LogP contribution in [0.25, 0.3) is 0 Å². The van der Waals surface area contributed by atoms with Gasteiger partial charge >= 0.3 is 0 Å². The number of benzene rings is 1. The number of nitrogens with one attached hydrogen (secondary N) is 1. The zero-order valence-corrected chi connectivity index (χ0v) is 11.8. The molecule has 1 heterocycles. The first kappa shape index (κ1) is 14.5. The second-order valence-electron chi connectivity index (χ2n) is 4.64. The fourth-order valence-corrected chi connectivity index (χ4v) is 1.83. The molecule has 0 aliphatic carbocycles. The van der Waals surface area contributed by atoms with Gasteiger partial charge in [-0.1, -0.05) is 25.1 Å². The maximum absolute atomic E-state index is 13.5. The Labute approximate surface area is 118 Å². The number of hydrogen-bond donors (Lipinski definition) is 1. The van der Waals surface area contributed by atoms with Gasteiger partial charge in [0.2, 0.25) is 5.88 Å². The molecular weight excluding hydrogens is 255 g/mol. The van der Waals surface area contributed by atoms with Crippen molar-refractivity contribution in [3.63, 3.8) is 0 Å². The summed E-state index contributed by atoms with van der Waals surface area (Å²) in [6.07, 6.45) is 2.84. The van der Waals surface area contributed by atoms with E-state index in [2.05, 4.69) is 24.1 Å². The van der Waals surface area contributed by atoms with Gasteiger partial charge in [-0.25, -0.2) is 9.37 Å². The lowest BCUT2D eigenvalue weighted by Gasteiger charge is -2.13. The molecule has 1 unspecified atom stereocenters. The van der Waals surface area contributed by atoms with E-state index in [-0.39, 0.29) is 11.8 Å². The molecule has 1 aromatic carbocycles. The summed E-state index contributed by atoms with van der Waals surface area (Å²) in [5.74, 6) is 0.183. The Hall–Kier alpha value is -1.94. The van der Waals surface area contributed by atoms with Crippen molar-refractivity contribution in [2.75, 3.05) is 6.54 Å². The average molecular weight is 274 g/mol. The Kier molecular flexibility index (Phi) is 5.07. The van der Waals surface area contributed by atoms with Crippen molar-refractivity contribution < 1.29 is 9.13 Å². The Morgan fingerprint density at radius 3 is 2.70 bits per heavy atom. The van der Waals surface area contributed by atoms with Gasteiger partial charge in [0.25, 0.3) is 0 Å². The minimum atomic E-state index is -0.392. The van der Waals surface area contributed by atoms with Crippen LogP contribution < -0.4 is 10.1 Å². The van der Waals surface area contributed by atoms with Gasteiger partial charge in [0.05, 0.1) is 0 Å². The van der Waals surface area contributed by atoms with Crippen LogP contribution in [-0.4, -0.2) is 11.5 Å². The summed E-state index contributed by atoms with van der Waals surface area (Å²) < 4.78 is 18.9. The lowest BCUT2D eigenvalue weighted by atomic mass is 10.1. The highest BCUT2D eigenvalue weighted by atomic mass is 19.1. The van der Waals surface area contributed by atoms with Crippen LogP contribution >= 0.6 is 0 Å². The van der Waals surface area contributed by atoms with Crippen LogP contribution in [0, 0.1) is 5.82 Å². The topological polar surface area (TPSA) is 34.1 Å². The van der Waals surface area contributed by atoms with E-state index < -0.39 is 5.82 Å². The number of ether oxygens (including phenoxy) is 1. The second kappa shape index (κ2) is 7.01. The van der Waals surface area contributed by atoms with E-state index in [0.717, 1.165) is 18.5 Å². The molecule has 0 saturated carbocycles. The normalized spacial score (nSPS) is 12.2. The molecular formula is C16H19FN2O. The van der Waals surface area contributed by atoms with Crippen molar-refractivity contribution in [1.29, 1.82) is 0 Å². The average Bonchev–Trinajstić information content (AvgIpc) is 2.48. The molecule has 0 aliphatic heterocycles. The lowest BCUT2D eigenvalue weighted by molar-refractivity contribution is 0.426. The number of halogens is 1. The molecule has 106 valence electrons. The Morgan fingerprint density at radius 1 is 1.25 bits per heavy atom. The molecule has 0 aliphatic rings. The van der Waals surface area contributed by atoms with Gasteiger partial charge < -0.3 is 10.1 Å². The molecule has 0 radical (unpaired) electrons. The summed E-state index contributed by atoms with van der Waals surface area (Å²) >= 11 is 0. The van der Waals surface area contributed by atoms with Crippen LogP contribution in [0.5, 0.6) is 11.6 Å². The number of nitrogens with zero attached hydrogens (tertiary/aromatic N) is 1. The molecule has 0 spiro atoms. The van der Waals surface area contributed by atoms with E-state index in [1.165, 1.54) is 6.07 Å². The standard InChI is InChI=1S/C16H19FN2O/c1-3-10-18-12(2)13-8-9-16(19-11-13)20-15-7-5-4-6-14(15)17/h4-9,11-12,18H,3,10H2,1-2H3. The SMILES string of the molecule is CCCNC(C)c1ccc(Oc2ccccc2F)nc1. The molecule has 2 rings (SSSR count). The van der Waals surface area contributed by atoms with Gasteiger partial charge in [-0.2, -0.15) is 0 Å². The molecule has 2 aromatic rings. The predicted octanol–water partition coefficient (Wildman–Crippen LogP) is 4.07. The zero-order valence-electron chi connectivity index (χ0n) is 11.8. The highest BCUT2D eigenvalue weighted by Gasteiger charge is 2.07. The fraction of sp³-hybridized carbons (Fsp3) is 0.312. The van der Waals surface area contributed by atoms with Crippen LogP contribution in [-0.2, 0) is 0 Å². The summed E-state index contributed by atoms with van der Waals surface area (Å²) in [4.78, 5) is 4.22. The van der Waals surface area contributed by atoms with Gasteiger partial charge in [-0.3, -0.25) is 0 Å². The molecule has 0 saturated heterocycles. The van der Waals surface area contributed by atoms with E-state index in [9.17, 15) is 4.39 Å². The summed E-state index contributed by atoms with van der Waals surface area (Å²) in [5.41, 5.74) is 1.08. The molecule has 4 heteroatoms. The van der Waals surface area contributed by atoms with Crippen LogP contribution in [0.3, 0.4) is 0 Å². The number of pyridine rings is 1. The minimum Gasteiger partial charge on any atom is -0.436 e. The number of aromatic nitrogens is 1. The Balaban J connectivity index is 2.03. The largest absolute Gasteiger partial charge is 0.436 e. The van der Waals surface area contributed by atoms with Crippen molar-refractivity contribution >= 4 is 0 Å². The maximum Gasteiger partial charge on any atom is 0.219 e. The first-order chi connectivity index (χ1) is 9.70. The van der Waals surface area contributed by atoms with Crippen molar-refractivity contribution in [2.24, 2.45) is 0 Å². The minimum absolute atomic E-state index is 0.185. The summed E-state index contributed by atoms with van der Waals surface area (Å²) in [6, 6.07) is 10.2. The van der Waals surface area contributed by atoms with Crippen LogP contribution in [0.2, 0.25) is 0 Å². The van der Waals surface area contributed by atoms with E-state index in [0.29, 0.717) is 5.88 Å². The van der Waals surface area contributed by atoms with Crippen LogP contribution in [0.4, 0.5) is 4.39 Å². The predicted molar refractivity (Wildman–Crippen MR) is 77.4 cm³/mol. The van der Waals surface area contributed by atoms with Gasteiger partial charge in [-0.15, -0.1) is 0 Å². The van der Waals surface area contributed by atoms with Crippen molar-refractivity contribution in [3.05, 3.63) is 54.0 Å². The van der Waals surface area contributed by atoms with Crippen molar-refractivity contribution in [2.45, 2.75) is 26.3 Å². The van der Waals surface area contributed by atoms with E-state index in [1.54, 1.807) is 30.5 Å². The van der Waals surface area contributed by atoms with Crippen molar-refractivity contribution in [3.8, 4) is 11.6 Å². The Bertz CT molecular complexity index is 542. The molecule has 3 nitrogen and oxygen atoms in total. The second-order valence-corrected chi connectivity index (χ2v) is 4.64. The molecule has 1 N–H and O–H groups in total. The first-order valence-corrected chi connectivity index (χ1v) is 6.82. The summed E-state index contributed by atoms with van der Waals surface area (Å²) in [7, 11) is 0. The third-order valence-corrected chi connectivity index (χ3v) is 3.01. The zero-order chi connectivity index (χ0) is 14.4. The highest BCUT2D eigenvalue weighted by Crippen LogP contribution is 2.23. The van der Waals surface area contributed by atoms with Gasteiger partial charge in [0, 0.05) is 18.3 Å². The van der Waals surface area contributed by atoms with Gasteiger partial charge in [0.1, 0.15) is 0 Å². The number of rotatable bonds is 6. The highest BCUT2D eigenvalue weighted by molar-refractivity contribution is 5.29. The van der Waals surface area contributed by atoms with E-state index in [1.807, 2.05) is 6.07 Å². The quantitative estimate of drug-likeness (QED) is 0.862. The van der Waals surface area contributed by atoms with Gasteiger partial charge in [-0.05, 0) is 37.6 Å². The molecule has 0 fully saturated rings. The summed E-state index contributed by atoms with van der Waals surface area (Å²) in [6.45, 7) is 5.18. The first-order valence-electron chi connectivity index (χ1n) is 6.82. The molecule has 0 bridgehead atoms. The Morgan fingerprint density at radius 2 is 2.05 bits per heavy atom. The van der Waals surface area contributed by atoms with Crippen molar-refractivity contribution in [1.82, 2.24) is 10.3 Å². The van der Waals surface area contributed by atoms with E-state index in [4.69, 9.17) is 4.74 Å². The smallest absolute Gasteiger partial charge is 0.219 e. The third-order valence-electron chi connectivity index (χ3n) is 3.01. The number of hydrogen-bond acceptors (Lipinski definition) is 3. The molecule has 1 aromatic heterocycles. The molecule has 0 amide bonds. The van der Waals surface area contributed by atoms with E-state index >= 15 is 0 Å². The van der Waals surface area contributed by atoms with Crippen LogP contribution in [0.15, 0.2) is 42.6 Å².